The number of ether oxygens (including phenoxy) is 1. The zero-order chi connectivity index (χ0) is 18.4. The first-order valence-corrected chi connectivity index (χ1v) is 8.25. The molecule has 4 nitrogen and oxygen atoms in total. The molecule has 2 aromatic rings. The van der Waals surface area contributed by atoms with Gasteiger partial charge in [0.2, 0.25) is 0 Å². The lowest BCUT2D eigenvalue weighted by molar-refractivity contribution is -0.153. The molecule has 0 aliphatic carbocycles. The Morgan fingerprint density at radius 3 is 2.48 bits per heavy atom. The van der Waals surface area contributed by atoms with Crippen molar-refractivity contribution in [1.82, 2.24) is 0 Å². The van der Waals surface area contributed by atoms with E-state index in [0.717, 1.165) is 11.6 Å². The molecule has 0 bridgehead atoms. The van der Waals surface area contributed by atoms with E-state index in [1.54, 1.807) is 0 Å². The maximum Gasteiger partial charge on any atom is 0.307 e. The van der Waals surface area contributed by atoms with Crippen LogP contribution in [-0.2, 0) is 14.3 Å². The van der Waals surface area contributed by atoms with Gasteiger partial charge in [-0.2, -0.15) is 0 Å². The largest absolute Gasteiger partial charge is 0.453 e. The third-order valence-corrected chi connectivity index (χ3v) is 4.02. The molecule has 0 aliphatic rings. The molecule has 0 saturated carbocycles. The van der Waals surface area contributed by atoms with Crippen LogP contribution >= 0.6 is 11.6 Å². The third kappa shape index (κ3) is 5.57. The lowest BCUT2D eigenvalue weighted by Gasteiger charge is -2.16. The van der Waals surface area contributed by atoms with Gasteiger partial charge in [0.25, 0.3) is 5.91 Å². The van der Waals surface area contributed by atoms with E-state index in [1.165, 1.54) is 19.1 Å². The van der Waals surface area contributed by atoms with Crippen LogP contribution in [0.3, 0.4) is 0 Å². The van der Waals surface area contributed by atoms with Crippen LogP contribution in [0.5, 0.6) is 0 Å². The second-order valence-corrected chi connectivity index (χ2v) is 6.17. The van der Waals surface area contributed by atoms with Crippen LogP contribution < -0.4 is 5.32 Å². The number of rotatable bonds is 6. The van der Waals surface area contributed by atoms with E-state index in [1.807, 2.05) is 37.3 Å². The molecular weight excluding hydrogens is 345 g/mol. The number of benzene rings is 2. The van der Waals surface area contributed by atoms with Gasteiger partial charge in [-0.3, -0.25) is 9.59 Å². The maximum atomic E-state index is 13.0. The van der Waals surface area contributed by atoms with Crippen molar-refractivity contribution in [1.29, 1.82) is 0 Å². The minimum atomic E-state index is -0.989. The Bertz CT molecular complexity index is 752. The van der Waals surface area contributed by atoms with E-state index in [9.17, 15) is 14.0 Å². The number of nitrogens with one attached hydrogen (secondary N) is 1. The summed E-state index contributed by atoms with van der Waals surface area (Å²) in [4.78, 5) is 24.1. The molecule has 0 aliphatic heterocycles. The van der Waals surface area contributed by atoms with Gasteiger partial charge in [0, 0.05) is 0 Å². The summed E-state index contributed by atoms with van der Waals surface area (Å²) >= 11 is 5.86. The summed E-state index contributed by atoms with van der Waals surface area (Å²) in [5, 5.41) is 2.59. The summed E-state index contributed by atoms with van der Waals surface area (Å²) in [5.41, 5.74) is 1.28. The highest BCUT2D eigenvalue weighted by atomic mass is 35.5. The van der Waals surface area contributed by atoms with Crippen molar-refractivity contribution in [3.63, 3.8) is 0 Å². The third-order valence-electron chi connectivity index (χ3n) is 3.71. The normalized spacial score (nSPS) is 13.0. The number of esters is 1. The number of anilines is 1. The van der Waals surface area contributed by atoms with Gasteiger partial charge in [-0.05, 0) is 36.6 Å². The monoisotopic (exact) mass is 363 g/mol. The van der Waals surface area contributed by atoms with Crippen molar-refractivity contribution in [2.45, 2.75) is 32.3 Å². The molecule has 2 atom stereocenters. The fourth-order valence-corrected chi connectivity index (χ4v) is 2.49. The average Bonchev–Trinajstić information content (AvgIpc) is 2.57. The lowest BCUT2D eigenvalue weighted by atomic mass is 9.98. The summed E-state index contributed by atoms with van der Waals surface area (Å²) in [6, 6.07) is 13.2. The molecule has 0 aromatic heterocycles. The summed E-state index contributed by atoms with van der Waals surface area (Å²) in [6.45, 7) is 3.39. The lowest BCUT2D eigenvalue weighted by Crippen LogP contribution is -2.30. The van der Waals surface area contributed by atoms with E-state index in [4.69, 9.17) is 16.3 Å². The first-order valence-electron chi connectivity index (χ1n) is 7.87. The molecule has 1 N–H and O–H groups in total. The predicted molar refractivity (Wildman–Crippen MR) is 95.1 cm³/mol. The van der Waals surface area contributed by atoms with Crippen molar-refractivity contribution < 1.29 is 18.7 Å². The fraction of sp³-hybridized carbons (Fsp3) is 0.263. The van der Waals surface area contributed by atoms with E-state index in [-0.39, 0.29) is 23.0 Å². The van der Waals surface area contributed by atoms with Crippen LogP contribution in [0.4, 0.5) is 10.1 Å². The Kier molecular flexibility index (Phi) is 6.53. The molecule has 0 spiro atoms. The number of amides is 1. The van der Waals surface area contributed by atoms with Crippen LogP contribution in [-0.4, -0.2) is 18.0 Å². The van der Waals surface area contributed by atoms with Gasteiger partial charge in [-0.25, -0.2) is 4.39 Å². The first-order chi connectivity index (χ1) is 11.9. The number of hydrogen-bond donors (Lipinski definition) is 1. The van der Waals surface area contributed by atoms with Gasteiger partial charge in [-0.15, -0.1) is 0 Å². The summed E-state index contributed by atoms with van der Waals surface area (Å²) in [6.07, 6.45) is -0.824. The molecular formula is C19H19ClFNO3. The minimum Gasteiger partial charge on any atom is -0.453 e. The Labute approximate surface area is 150 Å². The molecule has 1 amide bonds. The summed E-state index contributed by atoms with van der Waals surface area (Å²) in [7, 11) is 0. The van der Waals surface area contributed by atoms with Gasteiger partial charge in [0.1, 0.15) is 5.82 Å². The number of carbonyl (C=O) groups excluding carboxylic acids is 2. The smallest absolute Gasteiger partial charge is 0.307 e. The van der Waals surface area contributed by atoms with Gasteiger partial charge in [-0.1, -0.05) is 48.9 Å². The van der Waals surface area contributed by atoms with E-state index in [2.05, 4.69) is 5.32 Å². The Morgan fingerprint density at radius 1 is 1.16 bits per heavy atom. The number of hydrogen-bond acceptors (Lipinski definition) is 3. The summed E-state index contributed by atoms with van der Waals surface area (Å²) in [5.74, 6) is -1.52. The molecule has 132 valence electrons. The molecule has 2 aromatic carbocycles. The zero-order valence-electron chi connectivity index (χ0n) is 14.0. The van der Waals surface area contributed by atoms with Crippen molar-refractivity contribution in [2.75, 3.05) is 5.32 Å². The van der Waals surface area contributed by atoms with Crippen LogP contribution in [0.15, 0.2) is 48.5 Å². The van der Waals surface area contributed by atoms with Crippen molar-refractivity contribution in [2.24, 2.45) is 0 Å². The van der Waals surface area contributed by atoms with Crippen molar-refractivity contribution >= 4 is 29.2 Å². The van der Waals surface area contributed by atoms with E-state index < -0.39 is 23.8 Å². The van der Waals surface area contributed by atoms with E-state index in [0.29, 0.717) is 0 Å². The van der Waals surface area contributed by atoms with Crippen molar-refractivity contribution in [3.05, 3.63) is 64.9 Å². The topological polar surface area (TPSA) is 55.4 Å². The highest BCUT2D eigenvalue weighted by molar-refractivity contribution is 6.33. The standard InChI is InChI=1S/C19H19ClFNO3/c1-12(14-6-4-3-5-7-14)10-18(23)25-13(2)19(24)22-17-9-8-15(21)11-16(17)20/h3-9,11-13H,10H2,1-2H3,(H,22,24)/t12-,13-/m1/s1. The fourth-order valence-electron chi connectivity index (χ4n) is 2.27. The average molecular weight is 364 g/mol. The number of carbonyl (C=O) groups is 2. The molecule has 0 radical (unpaired) electrons. The predicted octanol–water partition coefficient (Wildman–Crippen LogP) is 4.54. The van der Waals surface area contributed by atoms with Crippen LogP contribution in [0.2, 0.25) is 5.02 Å². The minimum absolute atomic E-state index is 0.0181. The van der Waals surface area contributed by atoms with Crippen LogP contribution in [0.1, 0.15) is 31.7 Å². The van der Waals surface area contributed by atoms with Gasteiger partial charge in [0.05, 0.1) is 17.1 Å². The second-order valence-electron chi connectivity index (χ2n) is 5.76. The molecule has 0 heterocycles. The maximum absolute atomic E-state index is 13.0. The van der Waals surface area contributed by atoms with Crippen molar-refractivity contribution in [3.8, 4) is 0 Å². The Hall–Kier alpha value is -2.40. The molecule has 25 heavy (non-hydrogen) atoms. The highest BCUT2D eigenvalue weighted by Gasteiger charge is 2.20. The molecule has 2 rings (SSSR count). The van der Waals surface area contributed by atoms with E-state index >= 15 is 0 Å². The first kappa shape index (κ1) is 18.9. The van der Waals surface area contributed by atoms with Gasteiger partial charge < -0.3 is 10.1 Å². The zero-order valence-corrected chi connectivity index (χ0v) is 14.7. The van der Waals surface area contributed by atoms with Crippen LogP contribution in [0, 0.1) is 5.82 Å². The summed E-state index contributed by atoms with van der Waals surface area (Å²) < 4.78 is 18.2. The Morgan fingerprint density at radius 2 is 1.84 bits per heavy atom. The van der Waals surface area contributed by atoms with Crippen LogP contribution in [0.25, 0.3) is 0 Å². The second kappa shape index (κ2) is 8.62. The molecule has 0 fully saturated rings. The highest BCUT2D eigenvalue weighted by Crippen LogP contribution is 2.23. The SMILES string of the molecule is C[C@H](CC(=O)O[C@H](C)C(=O)Nc1ccc(F)cc1Cl)c1ccccc1. The molecule has 6 heteroatoms. The molecule has 0 saturated heterocycles. The Balaban J connectivity index is 1.88. The van der Waals surface area contributed by atoms with Gasteiger partial charge >= 0.3 is 5.97 Å². The van der Waals surface area contributed by atoms with Gasteiger partial charge in [0.15, 0.2) is 6.10 Å². The quantitative estimate of drug-likeness (QED) is 0.766. The number of halogens is 2. The molecule has 0 unspecified atom stereocenters.